The molecule has 0 radical (unpaired) electrons. The second kappa shape index (κ2) is 7.25. The molecule has 5 rings (SSSR count). The number of benzene rings is 2. The number of rotatable bonds is 4. The summed E-state index contributed by atoms with van der Waals surface area (Å²) >= 11 is 1.54. The van der Waals surface area contributed by atoms with Gasteiger partial charge in [0.15, 0.2) is 0 Å². The summed E-state index contributed by atoms with van der Waals surface area (Å²) in [6, 6.07) is 14.1. The van der Waals surface area contributed by atoms with Crippen molar-refractivity contribution in [3.63, 3.8) is 0 Å². The molecule has 2 aromatic carbocycles. The van der Waals surface area contributed by atoms with E-state index in [1.165, 1.54) is 22.5 Å². The molecule has 30 heavy (non-hydrogen) atoms. The highest BCUT2D eigenvalue weighted by Gasteiger charge is 2.33. The first-order valence-corrected chi connectivity index (χ1v) is 10.9. The number of aromatic nitrogens is 3. The van der Waals surface area contributed by atoms with E-state index in [0.29, 0.717) is 13.0 Å². The van der Waals surface area contributed by atoms with Crippen molar-refractivity contribution in [2.75, 3.05) is 11.9 Å². The number of amides is 1. The zero-order valence-electron chi connectivity index (χ0n) is 17.1. The van der Waals surface area contributed by atoms with Crippen LogP contribution in [0.3, 0.4) is 0 Å². The van der Waals surface area contributed by atoms with E-state index in [9.17, 15) is 4.79 Å². The van der Waals surface area contributed by atoms with Crippen molar-refractivity contribution in [1.29, 1.82) is 0 Å². The van der Waals surface area contributed by atoms with Gasteiger partial charge in [-0.2, -0.15) is 9.78 Å². The van der Waals surface area contributed by atoms with Crippen molar-refractivity contribution >= 4 is 33.3 Å². The number of fused-ring (bicyclic) bond motifs is 2. The highest BCUT2D eigenvalue weighted by molar-refractivity contribution is 7.20. The second-order valence-electron chi connectivity index (χ2n) is 7.48. The number of hydrogen-bond donors (Lipinski definition) is 1. The summed E-state index contributed by atoms with van der Waals surface area (Å²) in [4.78, 5) is 17.4. The van der Waals surface area contributed by atoms with Gasteiger partial charge in [-0.15, -0.1) is 0 Å². The summed E-state index contributed by atoms with van der Waals surface area (Å²) in [5.41, 5.74) is 5.21. The van der Waals surface area contributed by atoms with E-state index in [2.05, 4.69) is 24.4 Å². The van der Waals surface area contributed by atoms with E-state index >= 15 is 0 Å². The molecule has 0 aliphatic carbocycles. The van der Waals surface area contributed by atoms with Crippen molar-refractivity contribution in [1.82, 2.24) is 14.8 Å². The third-order valence-corrected chi connectivity index (χ3v) is 6.50. The summed E-state index contributed by atoms with van der Waals surface area (Å²) in [7, 11) is 0. The summed E-state index contributed by atoms with van der Waals surface area (Å²) < 4.78 is 8.41. The van der Waals surface area contributed by atoms with Crippen LogP contribution in [0.1, 0.15) is 41.6 Å². The Morgan fingerprint density at radius 3 is 2.87 bits per heavy atom. The Labute approximate surface area is 178 Å². The minimum absolute atomic E-state index is 0.00311. The van der Waals surface area contributed by atoms with Gasteiger partial charge in [0.2, 0.25) is 11.0 Å². The molecule has 7 heteroatoms. The molecule has 0 spiro atoms. The first-order valence-electron chi connectivity index (χ1n) is 10.0. The smallest absolute Gasteiger partial charge is 0.226 e. The van der Waals surface area contributed by atoms with Crippen LogP contribution in [0.5, 0.6) is 5.75 Å². The van der Waals surface area contributed by atoms with Gasteiger partial charge in [-0.1, -0.05) is 35.6 Å². The lowest BCUT2D eigenvalue weighted by atomic mass is 9.84. The van der Waals surface area contributed by atoms with Crippen LogP contribution in [0.2, 0.25) is 0 Å². The van der Waals surface area contributed by atoms with Crippen LogP contribution in [0.15, 0.2) is 42.5 Å². The van der Waals surface area contributed by atoms with Crippen molar-refractivity contribution in [2.24, 2.45) is 0 Å². The fourth-order valence-electron chi connectivity index (χ4n) is 4.17. The van der Waals surface area contributed by atoms with Crippen molar-refractivity contribution in [3.05, 3.63) is 64.8 Å². The summed E-state index contributed by atoms with van der Waals surface area (Å²) in [6.07, 6.45) is 0.419. The predicted molar refractivity (Wildman–Crippen MR) is 119 cm³/mol. The molecule has 6 nitrogen and oxygen atoms in total. The van der Waals surface area contributed by atoms with Crippen molar-refractivity contribution < 1.29 is 9.53 Å². The molecule has 0 fully saturated rings. The van der Waals surface area contributed by atoms with Crippen LogP contribution in [0.25, 0.3) is 15.3 Å². The number of nitrogens with zero attached hydrogens (tertiary/aromatic N) is 3. The van der Waals surface area contributed by atoms with Gasteiger partial charge in [-0.25, -0.2) is 4.98 Å². The van der Waals surface area contributed by atoms with Crippen LogP contribution in [-0.2, 0) is 4.79 Å². The Morgan fingerprint density at radius 1 is 1.23 bits per heavy atom. The van der Waals surface area contributed by atoms with Gasteiger partial charge in [-0.05, 0) is 50.1 Å². The molecule has 0 saturated heterocycles. The van der Waals surface area contributed by atoms with Gasteiger partial charge in [0, 0.05) is 17.9 Å². The number of ether oxygens (including phenoxy) is 1. The monoisotopic (exact) mass is 418 g/mol. The third kappa shape index (κ3) is 3.06. The Morgan fingerprint density at radius 2 is 2.07 bits per heavy atom. The fraction of sp³-hybridized carbons (Fsp3) is 0.261. The predicted octanol–water partition coefficient (Wildman–Crippen LogP) is 4.97. The molecule has 1 N–H and O–H groups in total. The lowest BCUT2D eigenvalue weighted by Gasteiger charge is -2.25. The first kappa shape index (κ1) is 18.8. The topological polar surface area (TPSA) is 69.0 Å². The fourth-order valence-corrected chi connectivity index (χ4v) is 5.12. The Hall–Kier alpha value is -3.19. The van der Waals surface area contributed by atoms with Gasteiger partial charge in [0.05, 0.1) is 22.5 Å². The van der Waals surface area contributed by atoms with Gasteiger partial charge in [0.1, 0.15) is 11.6 Å². The quantitative estimate of drug-likeness (QED) is 0.508. The van der Waals surface area contributed by atoms with Gasteiger partial charge in [-0.3, -0.25) is 4.79 Å². The molecule has 4 aromatic rings. The van der Waals surface area contributed by atoms with Crippen LogP contribution in [-0.4, -0.2) is 27.3 Å². The van der Waals surface area contributed by atoms with Crippen molar-refractivity contribution in [2.45, 2.75) is 33.1 Å². The minimum atomic E-state index is -0.0114. The van der Waals surface area contributed by atoms with Crippen LogP contribution in [0, 0.1) is 13.8 Å². The molecule has 1 aliphatic rings. The molecular weight excluding hydrogens is 396 g/mol. The Kier molecular flexibility index (Phi) is 4.55. The number of thiazole rings is 1. The molecule has 1 atom stereocenters. The molecule has 1 amide bonds. The maximum Gasteiger partial charge on any atom is 0.226 e. The minimum Gasteiger partial charge on any atom is -0.494 e. The average Bonchev–Trinajstić information content (AvgIpc) is 3.28. The Balaban J connectivity index is 1.64. The van der Waals surface area contributed by atoms with Gasteiger partial charge >= 0.3 is 0 Å². The van der Waals surface area contributed by atoms with E-state index in [-0.39, 0.29) is 11.8 Å². The third-order valence-electron chi connectivity index (χ3n) is 5.51. The SMILES string of the molecule is CCOc1ccc2nc(-n3nc(C)c4c3NC(=O)CC4c3ccccc3C)sc2c1. The number of hydrogen-bond acceptors (Lipinski definition) is 5. The maximum atomic E-state index is 12.6. The lowest BCUT2D eigenvalue weighted by Crippen LogP contribution is -2.25. The molecule has 3 heterocycles. The molecule has 0 saturated carbocycles. The highest BCUT2D eigenvalue weighted by atomic mass is 32.1. The Bertz CT molecular complexity index is 1270. The largest absolute Gasteiger partial charge is 0.494 e. The van der Waals surface area contributed by atoms with E-state index in [1.54, 1.807) is 4.68 Å². The lowest BCUT2D eigenvalue weighted by molar-refractivity contribution is -0.116. The summed E-state index contributed by atoms with van der Waals surface area (Å²) in [5.74, 6) is 1.53. The first-order chi connectivity index (χ1) is 14.5. The van der Waals surface area contributed by atoms with Crippen LogP contribution >= 0.6 is 11.3 Å². The van der Waals surface area contributed by atoms with E-state index in [4.69, 9.17) is 14.8 Å². The zero-order chi connectivity index (χ0) is 20.8. The number of carbonyl (C=O) groups excluding carboxylic acids is 1. The van der Waals surface area contributed by atoms with Gasteiger partial charge < -0.3 is 10.1 Å². The molecule has 0 bridgehead atoms. The van der Waals surface area contributed by atoms with E-state index in [1.807, 2.05) is 44.2 Å². The van der Waals surface area contributed by atoms with Crippen LogP contribution < -0.4 is 10.1 Å². The molecular formula is C23H22N4O2S. The zero-order valence-corrected chi connectivity index (χ0v) is 17.9. The normalized spacial score (nSPS) is 15.8. The van der Waals surface area contributed by atoms with Crippen molar-refractivity contribution in [3.8, 4) is 10.9 Å². The summed E-state index contributed by atoms with van der Waals surface area (Å²) in [5, 5.41) is 8.55. The molecule has 1 unspecified atom stereocenters. The van der Waals surface area contributed by atoms with E-state index in [0.717, 1.165) is 38.2 Å². The molecule has 2 aromatic heterocycles. The standard InChI is InChI=1S/C23H22N4O2S/c1-4-29-15-9-10-18-19(11-15)30-23(24-18)27-22-21(14(3)26-27)17(12-20(28)25-22)16-8-6-5-7-13(16)2/h5-11,17H,4,12H2,1-3H3,(H,25,28). The van der Waals surface area contributed by atoms with E-state index < -0.39 is 0 Å². The molecule has 1 aliphatic heterocycles. The summed E-state index contributed by atoms with van der Waals surface area (Å²) in [6.45, 7) is 6.67. The molecule has 152 valence electrons. The number of nitrogens with one attached hydrogen (secondary N) is 1. The number of aryl methyl sites for hydroxylation is 2. The number of carbonyl (C=O) groups is 1. The van der Waals surface area contributed by atoms with Crippen LogP contribution in [0.4, 0.5) is 5.82 Å². The average molecular weight is 419 g/mol. The number of anilines is 1. The highest BCUT2D eigenvalue weighted by Crippen LogP contribution is 2.42. The van der Waals surface area contributed by atoms with Gasteiger partial charge in [0.25, 0.3) is 0 Å². The second-order valence-corrected chi connectivity index (χ2v) is 8.49. The maximum absolute atomic E-state index is 12.6.